The van der Waals surface area contributed by atoms with Gasteiger partial charge in [-0.05, 0) is 24.6 Å². The average molecular weight is 236 g/mol. The molecule has 2 N–H and O–H groups in total. The first-order valence-electron chi connectivity index (χ1n) is 4.73. The summed E-state index contributed by atoms with van der Waals surface area (Å²) in [4.78, 5) is 11.7. The highest BCUT2D eigenvalue weighted by atomic mass is 35.5. The van der Waals surface area contributed by atoms with E-state index in [0.29, 0.717) is 16.3 Å². The van der Waals surface area contributed by atoms with Crippen molar-refractivity contribution in [3.05, 3.63) is 46.7 Å². The largest absolute Gasteiger partial charge is 0.322 e. The van der Waals surface area contributed by atoms with Gasteiger partial charge in [0, 0.05) is 16.9 Å². The number of amides is 1. The van der Waals surface area contributed by atoms with Gasteiger partial charge in [-0.3, -0.25) is 9.89 Å². The molecule has 1 heterocycles. The first kappa shape index (κ1) is 10.7. The number of carbonyl (C=O) groups excluding carboxylic acids is 1. The molecule has 0 saturated heterocycles. The molecule has 82 valence electrons. The lowest BCUT2D eigenvalue weighted by molar-refractivity contribution is 0.102. The van der Waals surface area contributed by atoms with Crippen LogP contribution in [0.2, 0.25) is 5.02 Å². The molecule has 2 rings (SSSR count). The Morgan fingerprint density at radius 3 is 3.00 bits per heavy atom. The molecular formula is C11H10ClN3O. The highest BCUT2D eigenvalue weighted by Crippen LogP contribution is 2.20. The van der Waals surface area contributed by atoms with E-state index in [4.69, 9.17) is 11.6 Å². The minimum Gasteiger partial charge on any atom is -0.322 e. The van der Waals surface area contributed by atoms with Gasteiger partial charge in [0.25, 0.3) is 5.91 Å². The van der Waals surface area contributed by atoms with E-state index >= 15 is 0 Å². The lowest BCUT2D eigenvalue weighted by Gasteiger charge is -2.07. The van der Waals surface area contributed by atoms with Crippen LogP contribution in [-0.4, -0.2) is 16.1 Å². The van der Waals surface area contributed by atoms with Crippen molar-refractivity contribution in [1.29, 1.82) is 0 Å². The molecule has 0 spiro atoms. The van der Waals surface area contributed by atoms with Gasteiger partial charge in [0.2, 0.25) is 0 Å². The van der Waals surface area contributed by atoms with Gasteiger partial charge in [0.1, 0.15) is 0 Å². The molecule has 0 saturated carbocycles. The number of benzene rings is 1. The maximum atomic E-state index is 11.7. The number of carbonyl (C=O) groups is 1. The van der Waals surface area contributed by atoms with Gasteiger partial charge >= 0.3 is 0 Å². The van der Waals surface area contributed by atoms with Crippen molar-refractivity contribution in [3.63, 3.8) is 0 Å². The summed E-state index contributed by atoms with van der Waals surface area (Å²) in [6, 6.07) is 5.35. The topological polar surface area (TPSA) is 57.8 Å². The van der Waals surface area contributed by atoms with E-state index in [1.165, 1.54) is 12.4 Å². The highest BCUT2D eigenvalue weighted by molar-refractivity contribution is 6.31. The van der Waals surface area contributed by atoms with Crippen LogP contribution in [0.25, 0.3) is 0 Å². The second kappa shape index (κ2) is 4.37. The molecule has 2 aromatic rings. The molecule has 0 bridgehead atoms. The van der Waals surface area contributed by atoms with Crippen LogP contribution in [0.5, 0.6) is 0 Å². The average Bonchev–Trinajstić information content (AvgIpc) is 2.76. The number of rotatable bonds is 2. The SMILES string of the molecule is Cc1ccc(Cl)cc1NC(=O)c1cn[nH]c1. The summed E-state index contributed by atoms with van der Waals surface area (Å²) in [6.07, 6.45) is 3.00. The van der Waals surface area contributed by atoms with Gasteiger partial charge in [0.05, 0.1) is 11.8 Å². The van der Waals surface area contributed by atoms with Crippen LogP contribution in [0, 0.1) is 6.92 Å². The molecule has 0 atom stereocenters. The van der Waals surface area contributed by atoms with Crippen molar-refractivity contribution in [2.75, 3.05) is 5.32 Å². The van der Waals surface area contributed by atoms with Crippen molar-refractivity contribution in [2.45, 2.75) is 6.92 Å². The molecule has 16 heavy (non-hydrogen) atoms. The number of halogens is 1. The minimum atomic E-state index is -0.209. The third kappa shape index (κ3) is 2.23. The summed E-state index contributed by atoms with van der Waals surface area (Å²) in [7, 11) is 0. The number of hydrogen-bond acceptors (Lipinski definition) is 2. The van der Waals surface area contributed by atoms with E-state index in [1.807, 2.05) is 13.0 Å². The molecule has 1 aromatic carbocycles. The van der Waals surface area contributed by atoms with Crippen LogP contribution < -0.4 is 5.32 Å². The number of hydrogen-bond donors (Lipinski definition) is 2. The predicted molar refractivity (Wildman–Crippen MR) is 62.7 cm³/mol. The number of aromatic amines is 1. The molecule has 1 amide bonds. The zero-order chi connectivity index (χ0) is 11.5. The Kier molecular flexibility index (Phi) is 2.92. The quantitative estimate of drug-likeness (QED) is 0.841. The Hall–Kier alpha value is -1.81. The van der Waals surface area contributed by atoms with Crippen LogP contribution in [0.1, 0.15) is 15.9 Å². The first-order chi connectivity index (χ1) is 7.66. The second-order valence-electron chi connectivity index (χ2n) is 3.40. The maximum absolute atomic E-state index is 11.7. The van der Waals surface area contributed by atoms with Crippen LogP contribution >= 0.6 is 11.6 Å². The fraction of sp³-hybridized carbons (Fsp3) is 0.0909. The summed E-state index contributed by atoms with van der Waals surface area (Å²) >= 11 is 5.86. The number of nitrogens with one attached hydrogen (secondary N) is 2. The van der Waals surface area contributed by atoms with E-state index in [0.717, 1.165) is 5.56 Å². The molecule has 0 fully saturated rings. The van der Waals surface area contributed by atoms with Crippen LogP contribution in [0.3, 0.4) is 0 Å². The zero-order valence-corrected chi connectivity index (χ0v) is 9.38. The standard InChI is InChI=1S/C11H10ClN3O/c1-7-2-3-9(12)4-10(7)15-11(16)8-5-13-14-6-8/h2-6H,1H3,(H,13,14)(H,15,16). The molecule has 0 aliphatic carbocycles. The first-order valence-corrected chi connectivity index (χ1v) is 5.11. The van der Waals surface area contributed by atoms with E-state index in [1.54, 1.807) is 12.1 Å². The third-order valence-electron chi connectivity index (χ3n) is 2.21. The fourth-order valence-corrected chi connectivity index (χ4v) is 1.47. The van der Waals surface area contributed by atoms with Crippen LogP contribution in [0.4, 0.5) is 5.69 Å². The van der Waals surface area contributed by atoms with Gasteiger partial charge in [-0.25, -0.2) is 0 Å². The van der Waals surface area contributed by atoms with Crippen LogP contribution in [-0.2, 0) is 0 Å². The Labute approximate surface area is 97.6 Å². The van der Waals surface area contributed by atoms with Crippen molar-refractivity contribution >= 4 is 23.2 Å². The number of nitrogens with zero attached hydrogens (tertiary/aromatic N) is 1. The minimum absolute atomic E-state index is 0.209. The monoisotopic (exact) mass is 235 g/mol. The molecule has 4 nitrogen and oxygen atoms in total. The summed E-state index contributed by atoms with van der Waals surface area (Å²) in [6.45, 7) is 1.90. The summed E-state index contributed by atoms with van der Waals surface area (Å²) in [5, 5.41) is 9.66. The van der Waals surface area contributed by atoms with Gasteiger partial charge in [-0.1, -0.05) is 17.7 Å². The zero-order valence-electron chi connectivity index (χ0n) is 8.62. The molecule has 1 aromatic heterocycles. The number of aromatic nitrogens is 2. The summed E-state index contributed by atoms with van der Waals surface area (Å²) in [5.41, 5.74) is 2.15. The molecule has 0 radical (unpaired) electrons. The number of anilines is 1. The van der Waals surface area contributed by atoms with Gasteiger partial charge < -0.3 is 5.32 Å². The third-order valence-corrected chi connectivity index (χ3v) is 2.44. The second-order valence-corrected chi connectivity index (χ2v) is 3.84. The molecular weight excluding hydrogens is 226 g/mol. The number of aryl methyl sites for hydroxylation is 1. The Morgan fingerprint density at radius 1 is 1.50 bits per heavy atom. The van der Waals surface area contributed by atoms with E-state index < -0.39 is 0 Å². The van der Waals surface area contributed by atoms with Crippen molar-refractivity contribution in [1.82, 2.24) is 10.2 Å². The van der Waals surface area contributed by atoms with Gasteiger partial charge in [-0.2, -0.15) is 5.10 Å². The Balaban J connectivity index is 2.21. The lowest BCUT2D eigenvalue weighted by atomic mass is 10.2. The smallest absolute Gasteiger partial charge is 0.258 e. The summed E-state index contributed by atoms with van der Waals surface area (Å²) < 4.78 is 0. The van der Waals surface area contributed by atoms with E-state index in [9.17, 15) is 4.79 Å². The van der Waals surface area contributed by atoms with Gasteiger partial charge in [0.15, 0.2) is 0 Å². The Bertz CT molecular complexity index is 508. The molecule has 5 heteroatoms. The van der Waals surface area contributed by atoms with E-state index in [2.05, 4.69) is 15.5 Å². The molecule has 0 aliphatic rings. The Morgan fingerprint density at radius 2 is 2.31 bits per heavy atom. The maximum Gasteiger partial charge on any atom is 0.258 e. The predicted octanol–water partition coefficient (Wildman–Crippen LogP) is 2.62. The fourth-order valence-electron chi connectivity index (χ4n) is 1.30. The summed E-state index contributed by atoms with van der Waals surface area (Å²) in [5.74, 6) is -0.209. The van der Waals surface area contributed by atoms with Crippen LogP contribution in [0.15, 0.2) is 30.6 Å². The van der Waals surface area contributed by atoms with Crippen molar-refractivity contribution in [3.8, 4) is 0 Å². The lowest BCUT2D eigenvalue weighted by Crippen LogP contribution is -2.11. The molecule has 0 aliphatic heterocycles. The number of H-pyrrole nitrogens is 1. The van der Waals surface area contributed by atoms with E-state index in [-0.39, 0.29) is 5.91 Å². The van der Waals surface area contributed by atoms with Crippen molar-refractivity contribution in [2.24, 2.45) is 0 Å². The van der Waals surface area contributed by atoms with Crippen molar-refractivity contribution < 1.29 is 4.79 Å². The highest BCUT2D eigenvalue weighted by Gasteiger charge is 2.08. The van der Waals surface area contributed by atoms with Gasteiger partial charge in [-0.15, -0.1) is 0 Å². The normalized spacial score (nSPS) is 10.1. The molecule has 0 unspecified atom stereocenters.